The van der Waals surface area contributed by atoms with E-state index in [2.05, 4.69) is 15.6 Å². The van der Waals surface area contributed by atoms with Crippen LogP contribution in [0.1, 0.15) is 11.1 Å². The van der Waals surface area contributed by atoms with Crippen molar-refractivity contribution in [2.45, 2.75) is 13.8 Å². The number of nitrogens with one attached hydrogen (secondary N) is 2. The SMILES string of the molecule is COc1cc2nc(NC(=O)Nc3ccc(C)c(C)c3)sc2cc1OC. The van der Waals surface area contributed by atoms with Crippen LogP contribution in [0.25, 0.3) is 10.2 Å². The molecule has 0 bridgehead atoms. The molecule has 25 heavy (non-hydrogen) atoms. The molecule has 3 aromatic rings. The molecule has 2 aromatic carbocycles. The standard InChI is InChI=1S/C18H19N3O3S/c1-10-5-6-12(7-11(10)2)19-17(22)21-18-20-13-8-14(23-3)15(24-4)9-16(13)25-18/h5-9H,1-4H3,(H2,19,20,21,22). The second-order valence-electron chi connectivity index (χ2n) is 5.57. The molecule has 0 unspecified atom stereocenters. The van der Waals surface area contributed by atoms with E-state index in [-0.39, 0.29) is 6.03 Å². The van der Waals surface area contributed by atoms with Crippen LogP contribution in [-0.2, 0) is 0 Å². The van der Waals surface area contributed by atoms with Crippen LogP contribution in [0.3, 0.4) is 0 Å². The number of ether oxygens (including phenoxy) is 2. The fourth-order valence-corrected chi connectivity index (χ4v) is 3.26. The van der Waals surface area contributed by atoms with Crippen molar-refractivity contribution in [2.75, 3.05) is 24.9 Å². The Morgan fingerprint density at radius 1 is 1.00 bits per heavy atom. The molecule has 0 aliphatic rings. The Labute approximate surface area is 149 Å². The molecule has 0 spiro atoms. The van der Waals surface area contributed by atoms with Crippen LogP contribution in [0.2, 0.25) is 0 Å². The summed E-state index contributed by atoms with van der Waals surface area (Å²) in [6, 6.07) is 9.08. The lowest BCUT2D eigenvalue weighted by atomic mass is 10.1. The molecule has 0 atom stereocenters. The molecule has 0 saturated heterocycles. The Bertz CT molecular complexity index is 896. The third kappa shape index (κ3) is 3.66. The molecule has 1 aromatic heterocycles. The van der Waals surface area contributed by atoms with Gasteiger partial charge >= 0.3 is 6.03 Å². The zero-order chi connectivity index (χ0) is 18.0. The molecule has 0 saturated carbocycles. The van der Waals surface area contributed by atoms with Gasteiger partial charge in [0.15, 0.2) is 16.6 Å². The number of methoxy groups -OCH3 is 2. The van der Waals surface area contributed by atoms with Crippen molar-refractivity contribution in [2.24, 2.45) is 0 Å². The number of amides is 2. The summed E-state index contributed by atoms with van der Waals surface area (Å²) in [7, 11) is 3.16. The monoisotopic (exact) mass is 357 g/mol. The molecule has 0 aliphatic heterocycles. The molecule has 0 radical (unpaired) electrons. The summed E-state index contributed by atoms with van der Waals surface area (Å²) < 4.78 is 11.5. The Morgan fingerprint density at radius 2 is 1.72 bits per heavy atom. The van der Waals surface area contributed by atoms with E-state index >= 15 is 0 Å². The number of aromatic nitrogens is 1. The molecule has 2 N–H and O–H groups in total. The Kier molecular flexibility index (Phi) is 4.76. The van der Waals surface area contributed by atoms with Gasteiger partial charge in [-0.25, -0.2) is 9.78 Å². The van der Waals surface area contributed by atoms with Gasteiger partial charge in [0.05, 0.1) is 24.4 Å². The molecule has 130 valence electrons. The third-order valence-electron chi connectivity index (χ3n) is 3.88. The largest absolute Gasteiger partial charge is 0.493 e. The summed E-state index contributed by atoms with van der Waals surface area (Å²) >= 11 is 1.37. The zero-order valence-corrected chi connectivity index (χ0v) is 15.3. The number of thiazole rings is 1. The van der Waals surface area contributed by atoms with Gasteiger partial charge in [-0.1, -0.05) is 17.4 Å². The summed E-state index contributed by atoms with van der Waals surface area (Å²) in [6.45, 7) is 4.04. The van der Waals surface area contributed by atoms with E-state index in [1.165, 1.54) is 16.9 Å². The number of urea groups is 1. The maximum Gasteiger partial charge on any atom is 0.325 e. The molecule has 1 heterocycles. The van der Waals surface area contributed by atoms with Gasteiger partial charge in [0.1, 0.15) is 0 Å². The highest BCUT2D eigenvalue weighted by molar-refractivity contribution is 7.22. The van der Waals surface area contributed by atoms with Gasteiger partial charge in [0, 0.05) is 17.8 Å². The highest BCUT2D eigenvalue weighted by Crippen LogP contribution is 2.36. The quantitative estimate of drug-likeness (QED) is 0.717. The molecule has 7 heteroatoms. The smallest absolute Gasteiger partial charge is 0.325 e. The van der Waals surface area contributed by atoms with Crippen LogP contribution in [-0.4, -0.2) is 25.2 Å². The first-order valence-corrected chi connectivity index (χ1v) is 8.49. The van der Waals surface area contributed by atoms with Crippen LogP contribution < -0.4 is 20.1 Å². The minimum Gasteiger partial charge on any atom is -0.493 e. The van der Waals surface area contributed by atoms with Gasteiger partial charge in [-0.3, -0.25) is 5.32 Å². The average molecular weight is 357 g/mol. The fraction of sp³-hybridized carbons (Fsp3) is 0.222. The fourth-order valence-electron chi connectivity index (χ4n) is 2.39. The Balaban J connectivity index is 1.77. The van der Waals surface area contributed by atoms with Gasteiger partial charge in [0.25, 0.3) is 0 Å². The van der Waals surface area contributed by atoms with E-state index in [0.29, 0.717) is 16.6 Å². The molecular formula is C18H19N3O3S. The number of hydrogen-bond acceptors (Lipinski definition) is 5. The van der Waals surface area contributed by atoms with E-state index < -0.39 is 0 Å². The molecular weight excluding hydrogens is 338 g/mol. The van der Waals surface area contributed by atoms with Crippen LogP contribution in [0.5, 0.6) is 11.5 Å². The Morgan fingerprint density at radius 3 is 2.40 bits per heavy atom. The minimum atomic E-state index is -0.332. The van der Waals surface area contributed by atoms with E-state index in [4.69, 9.17) is 9.47 Å². The van der Waals surface area contributed by atoms with Gasteiger partial charge in [-0.2, -0.15) is 0 Å². The number of carbonyl (C=O) groups is 1. The van der Waals surface area contributed by atoms with Crippen molar-refractivity contribution in [3.8, 4) is 11.5 Å². The lowest BCUT2D eigenvalue weighted by Crippen LogP contribution is -2.19. The van der Waals surface area contributed by atoms with Crippen molar-refractivity contribution in [1.29, 1.82) is 0 Å². The molecule has 6 nitrogen and oxygen atoms in total. The molecule has 0 aliphatic carbocycles. The average Bonchev–Trinajstić information content (AvgIpc) is 2.97. The van der Waals surface area contributed by atoms with E-state index in [0.717, 1.165) is 21.5 Å². The van der Waals surface area contributed by atoms with Crippen LogP contribution in [0.15, 0.2) is 30.3 Å². The van der Waals surface area contributed by atoms with Crippen LogP contribution >= 0.6 is 11.3 Å². The maximum absolute atomic E-state index is 12.2. The lowest BCUT2D eigenvalue weighted by Gasteiger charge is -2.07. The van der Waals surface area contributed by atoms with Crippen molar-refractivity contribution in [3.63, 3.8) is 0 Å². The second kappa shape index (κ2) is 6.98. The summed E-state index contributed by atoms with van der Waals surface area (Å²) in [4.78, 5) is 16.6. The number of rotatable bonds is 4. The van der Waals surface area contributed by atoms with Crippen LogP contribution in [0.4, 0.5) is 15.6 Å². The van der Waals surface area contributed by atoms with E-state index in [1.807, 2.05) is 38.1 Å². The number of benzene rings is 2. The molecule has 0 fully saturated rings. The summed E-state index contributed by atoms with van der Waals surface area (Å²) in [5.74, 6) is 1.23. The number of anilines is 2. The molecule has 2 amide bonds. The zero-order valence-electron chi connectivity index (χ0n) is 14.5. The van der Waals surface area contributed by atoms with Crippen LogP contribution in [0, 0.1) is 13.8 Å². The van der Waals surface area contributed by atoms with Gasteiger partial charge < -0.3 is 14.8 Å². The van der Waals surface area contributed by atoms with Gasteiger partial charge in [-0.05, 0) is 37.1 Å². The van der Waals surface area contributed by atoms with E-state index in [9.17, 15) is 4.79 Å². The first kappa shape index (κ1) is 17.0. The summed E-state index contributed by atoms with van der Waals surface area (Å²) in [6.07, 6.45) is 0. The number of aryl methyl sites for hydroxylation is 2. The van der Waals surface area contributed by atoms with Gasteiger partial charge in [0.2, 0.25) is 0 Å². The molecule has 3 rings (SSSR count). The summed E-state index contributed by atoms with van der Waals surface area (Å²) in [5.41, 5.74) is 3.78. The first-order valence-electron chi connectivity index (χ1n) is 7.68. The van der Waals surface area contributed by atoms with Crippen molar-refractivity contribution in [3.05, 3.63) is 41.5 Å². The maximum atomic E-state index is 12.2. The van der Waals surface area contributed by atoms with Crippen molar-refractivity contribution >= 4 is 38.4 Å². The normalized spacial score (nSPS) is 10.6. The van der Waals surface area contributed by atoms with Gasteiger partial charge in [-0.15, -0.1) is 0 Å². The third-order valence-corrected chi connectivity index (χ3v) is 4.81. The topological polar surface area (TPSA) is 72.5 Å². The minimum absolute atomic E-state index is 0.332. The predicted molar refractivity (Wildman–Crippen MR) is 101 cm³/mol. The highest BCUT2D eigenvalue weighted by Gasteiger charge is 2.12. The number of carbonyl (C=O) groups excluding carboxylic acids is 1. The first-order chi connectivity index (χ1) is 12.0. The van der Waals surface area contributed by atoms with Crippen molar-refractivity contribution < 1.29 is 14.3 Å². The number of hydrogen-bond donors (Lipinski definition) is 2. The lowest BCUT2D eigenvalue weighted by molar-refractivity contribution is 0.262. The second-order valence-corrected chi connectivity index (χ2v) is 6.60. The highest BCUT2D eigenvalue weighted by atomic mass is 32.1. The van der Waals surface area contributed by atoms with E-state index in [1.54, 1.807) is 20.3 Å². The van der Waals surface area contributed by atoms with Crippen molar-refractivity contribution in [1.82, 2.24) is 4.98 Å². The number of nitrogens with zero attached hydrogens (tertiary/aromatic N) is 1. The summed E-state index contributed by atoms with van der Waals surface area (Å²) in [5, 5.41) is 6.09. The number of fused-ring (bicyclic) bond motifs is 1. The Hall–Kier alpha value is -2.80. The predicted octanol–water partition coefficient (Wildman–Crippen LogP) is 4.57.